The van der Waals surface area contributed by atoms with Crippen molar-refractivity contribution in [2.75, 3.05) is 13.2 Å². The van der Waals surface area contributed by atoms with Crippen LogP contribution in [0.5, 0.6) is 0 Å². The highest BCUT2D eigenvalue weighted by Crippen LogP contribution is 2.30. The largest absolute Gasteiger partial charge is 0.489 e. The highest BCUT2D eigenvalue weighted by molar-refractivity contribution is 6.60. The lowest BCUT2D eigenvalue weighted by molar-refractivity contribution is -0.138. The van der Waals surface area contributed by atoms with Gasteiger partial charge in [-0.3, -0.25) is 0 Å². The van der Waals surface area contributed by atoms with Crippen LogP contribution in [0.4, 0.5) is 26.3 Å². The summed E-state index contributed by atoms with van der Waals surface area (Å²) in [5, 5.41) is 18.3. The van der Waals surface area contributed by atoms with Crippen LogP contribution in [0.3, 0.4) is 0 Å². The first-order chi connectivity index (χ1) is 17.5. The Morgan fingerprint density at radius 2 is 1.10 bits per heavy atom. The number of hydrogen-bond donors (Lipinski definition) is 2. The van der Waals surface area contributed by atoms with Crippen molar-refractivity contribution in [3.05, 3.63) is 64.7 Å². The normalized spacial score (nSPS) is 12.3. The van der Waals surface area contributed by atoms with Gasteiger partial charge < -0.3 is 19.5 Å². The summed E-state index contributed by atoms with van der Waals surface area (Å²) in [4.78, 5) is 23.4. The Morgan fingerprint density at radius 1 is 0.692 bits per heavy atom. The molecule has 0 amide bonds. The van der Waals surface area contributed by atoms with Crippen LogP contribution in [-0.2, 0) is 21.8 Å². The molecule has 0 unspecified atom stereocenters. The van der Waals surface area contributed by atoms with Crippen molar-refractivity contribution in [2.45, 2.75) is 53.9 Å². The number of carbonyl (C=O) groups excluding carboxylic acids is 2. The summed E-state index contributed by atoms with van der Waals surface area (Å²) in [6.07, 6.45) is -9.04. The van der Waals surface area contributed by atoms with Gasteiger partial charge in [-0.15, -0.1) is 0 Å². The highest BCUT2D eigenvalue weighted by Gasteiger charge is 2.34. The van der Waals surface area contributed by atoms with E-state index in [0.717, 1.165) is 30.3 Å². The smallest absolute Gasteiger partial charge is 0.462 e. The zero-order valence-corrected chi connectivity index (χ0v) is 22.3. The van der Waals surface area contributed by atoms with E-state index in [0.29, 0.717) is 12.1 Å². The Morgan fingerprint density at radius 3 is 1.49 bits per heavy atom. The Hall–Kier alpha value is -3.06. The lowest BCUT2D eigenvalue weighted by atomic mass is 9.76. The molecular weight excluding hydrogens is 533 g/mol. The molecule has 0 bridgehead atoms. The molecule has 13 heteroatoms. The number of halogens is 6. The molecule has 0 aliphatic heterocycles. The second-order valence-electron chi connectivity index (χ2n) is 11.0. The van der Waals surface area contributed by atoms with Crippen LogP contribution in [0.2, 0.25) is 0 Å². The zero-order valence-electron chi connectivity index (χ0n) is 22.3. The van der Waals surface area contributed by atoms with Crippen LogP contribution in [0.1, 0.15) is 73.4 Å². The van der Waals surface area contributed by atoms with Gasteiger partial charge >= 0.3 is 31.4 Å². The minimum absolute atomic E-state index is 0.0494. The Balaban J connectivity index is 0.000000395. The molecule has 0 aromatic heterocycles. The minimum Gasteiger partial charge on any atom is -0.462 e. The molecular formula is C26H31BF6O6. The average Bonchev–Trinajstić information content (AvgIpc) is 2.79. The highest BCUT2D eigenvalue weighted by atomic mass is 19.4. The maximum Gasteiger partial charge on any atom is 0.489 e. The number of ether oxygens (including phenoxy) is 2. The summed E-state index contributed by atoms with van der Waals surface area (Å²) >= 11 is 0. The first kappa shape index (κ1) is 34.0. The third kappa shape index (κ3) is 12.1. The van der Waals surface area contributed by atoms with Crippen LogP contribution >= 0.6 is 0 Å². The number of rotatable bonds is 5. The average molecular weight is 564 g/mol. The zero-order chi connectivity index (χ0) is 30.4. The van der Waals surface area contributed by atoms with Gasteiger partial charge in [0.2, 0.25) is 0 Å². The molecule has 2 aromatic carbocycles. The fourth-order valence-corrected chi connectivity index (χ4v) is 2.66. The van der Waals surface area contributed by atoms with Crippen molar-refractivity contribution in [1.82, 2.24) is 0 Å². The molecule has 0 atom stereocenters. The molecule has 0 radical (unpaired) electrons. The molecule has 39 heavy (non-hydrogen) atoms. The number of benzene rings is 2. The molecule has 0 aliphatic carbocycles. The first-order valence-electron chi connectivity index (χ1n) is 11.6. The summed E-state index contributed by atoms with van der Waals surface area (Å²) in [6.45, 7) is 11.4. The Labute approximate surface area is 223 Å². The van der Waals surface area contributed by atoms with Crippen molar-refractivity contribution in [1.29, 1.82) is 0 Å². The lowest BCUT2D eigenvalue weighted by Crippen LogP contribution is -2.36. The van der Waals surface area contributed by atoms with E-state index in [2.05, 4.69) is 0 Å². The molecule has 0 aliphatic rings. The Kier molecular flexibility index (Phi) is 11.2. The predicted molar refractivity (Wildman–Crippen MR) is 132 cm³/mol. The van der Waals surface area contributed by atoms with E-state index in [1.54, 1.807) is 0 Å². The van der Waals surface area contributed by atoms with Crippen molar-refractivity contribution >= 4 is 24.5 Å². The minimum atomic E-state index is -4.64. The lowest BCUT2D eigenvalue weighted by Gasteiger charge is -2.19. The van der Waals surface area contributed by atoms with Crippen LogP contribution in [0.15, 0.2) is 42.5 Å². The van der Waals surface area contributed by atoms with E-state index in [9.17, 15) is 35.9 Å². The number of alkyl halides is 6. The van der Waals surface area contributed by atoms with Gasteiger partial charge in [0, 0.05) is 0 Å². The number of esters is 2. The van der Waals surface area contributed by atoms with Crippen molar-refractivity contribution in [3.63, 3.8) is 0 Å². The molecule has 216 valence electrons. The molecule has 0 heterocycles. The van der Waals surface area contributed by atoms with Gasteiger partial charge in [-0.25, -0.2) is 9.59 Å². The van der Waals surface area contributed by atoms with Gasteiger partial charge in [0.15, 0.2) is 0 Å². The SMILES string of the molecule is CC(C)(C)COC(=O)c1ccc(C(F)(F)F)cc1.CC(C)(C)COC(=O)c1ccc(C(F)(F)F)cc1B(O)O. The van der Waals surface area contributed by atoms with E-state index in [-0.39, 0.29) is 35.2 Å². The Bertz CT molecular complexity index is 1110. The van der Waals surface area contributed by atoms with Gasteiger partial charge in [-0.05, 0) is 58.8 Å². The maximum atomic E-state index is 12.6. The summed E-state index contributed by atoms with van der Waals surface area (Å²) < 4.78 is 84.7. The van der Waals surface area contributed by atoms with Gasteiger partial charge in [0.1, 0.15) is 0 Å². The summed E-state index contributed by atoms with van der Waals surface area (Å²) in [7, 11) is -2.20. The van der Waals surface area contributed by atoms with Gasteiger partial charge in [0.25, 0.3) is 0 Å². The summed E-state index contributed by atoms with van der Waals surface area (Å²) in [5.74, 6) is -1.51. The van der Waals surface area contributed by atoms with E-state index < -0.39 is 48.0 Å². The fourth-order valence-electron chi connectivity index (χ4n) is 2.66. The van der Waals surface area contributed by atoms with E-state index in [1.165, 1.54) is 0 Å². The second kappa shape index (κ2) is 12.9. The number of carbonyl (C=O) groups is 2. The van der Waals surface area contributed by atoms with E-state index in [1.807, 2.05) is 41.5 Å². The second-order valence-corrected chi connectivity index (χ2v) is 11.0. The number of hydrogen-bond acceptors (Lipinski definition) is 6. The molecule has 0 saturated carbocycles. The monoisotopic (exact) mass is 564 g/mol. The van der Waals surface area contributed by atoms with Crippen LogP contribution < -0.4 is 5.46 Å². The fraction of sp³-hybridized carbons (Fsp3) is 0.462. The molecule has 2 aromatic rings. The molecule has 2 N–H and O–H groups in total. The molecule has 0 spiro atoms. The third-order valence-electron chi connectivity index (χ3n) is 4.60. The van der Waals surface area contributed by atoms with E-state index >= 15 is 0 Å². The van der Waals surface area contributed by atoms with Crippen LogP contribution in [0.25, 0.3) is 0 Å². The predicted octanol–water partition coefficient (Wildman–Crippen LogP) is 5.50. The van der Waals surface area contributed by atoms with Crippen molar-refractivity contribution in [2.24, 2.45) is 10.8 Å². The molecule has 0 fully saturated rings. The summed E-state index contributed by atoms with van der Waals surface area (Å²) in [5.41, 5.74) is -3.08. The molecule has 2 rings (SSSR count). The van der Waals surface area contributed by atoms with Crippen LogP contribution in [0, 0.1) is 10.8 Å². The first-order valence-corrected chi connectivity index (χ1v) is 11.6. The topological polar surface area (TPSA) is 93.1 Å². The van der Waals surface area contributed by atoms with Crippen LogP contribution in [-0.4, -0.2) is 42.3 Å². The standard InChI is InChI=1S/C13H16BF3O4.C13H15F3O2/c1-12(2,3)7-21-11(18)9-5-4-8(13(15,16)17)6-10(9)14(19)20;1-12(2,3)8-18-11(17)9-4-6-10(7-5-9)13(14,15)16/h4-6,19-20H,7H2,1-3H3;4-7H,8H2,1-3H3. The third-order valence-corrected chi connectivity index (χ3v) is 4.60. The van der Waals surface area contributed by atoms with Gasteiger partial charge in [0.05, 0.1) is 35.5 Å². The van der Waals surface area contributed by atoms with E-state index in [4.69, 9.17) is 19.5 Å². The molecule has 6 nitrogen and oxygen atoms in total. The van der Waals surface area contributed by atoms with Gasteiger partial charge in [-0.1, -0.05) is 41.5 Å². The van der Waals surface area contributed by atoms with Gasteiger partial charge in [-0.2, -0.15) is 26.3 Å². The summed E-state index contributed by atoms with van der Waals surface area (Å²) in [6, 6.07) is 6.07. The molecule has 0 saturated heterocycles. The van der Waals surface area contributed by atoms with Crippen molar-refractivity contribution in [3.8, 4) is 0 Å². The quantitative estimate of drug-likeness (QED) is 0.283. The maximum absolute atomic E-state index is 12.6. The van der Waals surface area contributed by atoms with Crippen molar-refractivity contribution < 1.29 is 55.5 Å².